The Morgan fingerprint density at radius 1 is 1.58 bits per heavy atom. The molecule has 2 rings (SSSR count). The van der Waals surface area contributed by atoms with E-state index in [1.54, 1.807) is 23.9 Å². The molecule has 2 aromatic rings. The number of nitro groups is 1. The van der Waals surface area contributed by atoms with Crippen molar-refractivity contribution in [3.05, 3.63) is 52.1 Å². The van der Waals surface area contributed by atoms with Crippen molar-refractivity contribution < 1.29 is 10.1 Å². The summed E-state index contributed by atoms with van der Waals surface area (Å²) in [5.41, 5.74) is 5.92. The SMILES string of the molecule is Cc1nccn1-c1ccc(C(N)=NO)cc1[N+](=O)[O-]. The summed E-state index contributed by atoms with van der Waals surface area (Å²) in [6, 6.07) is 4.32. The highest BCUT2D eigenvalue weighted by Crippen LogP contribution is 2.25. The number of nitrogens with zero attached hydrogens (tertiary/aromatic N) is 4. The highest BCUT2D eigenvalue weighted by atomic mass is 16.6. The van der Waals surface area contributed by atoms with Crippen LogP contribution in [0, 0.1) is 17.0 Å². The second-order valence-corrected chi connectivity index (χ2v) is 3.79. The quantitative estimate of drug-likeness (QED) is 0.282. The lowest BCUT2D eigenvalue weighted by Crippen LogP contribution is -2.14. The van der Waals surface area contributed by atoms with Gasteiger partial charge < -0.3 is 10.9 Å². The first-order valence-electron chi connectivity index (χ1n) is 5.31. The molecule has 0 fully saturated rings. The Bertz CT molecular complexity index is 662. The maximum atomic E-state index is 11.1. The molecule has 0 spiro atoms. The molecule has 1 aromatic carbocycles. The average Bonchev–Trinajstić information content (AvgIpc) is 2.83. The number of nitro benzene ring substituents is 1. The molecule has 0 bridgehead atoms. The molecule has 0 atom stereocenters. The number of oxime groups is 1. The van der Waals surface area contributed by atoms with Gasteiger partial charge in [0.1, 0.15) is 11.5 Å². The number of imidazole rings is 1. The highest BCUT2D eigenvalue weighted by Gasteiger charge is 2.18. The predicted molar refractivity (Wildman–Crippen MR) is 67.5 cm³/mol. The van der Waals surface area contributed by atoms with E-state index in [2.05, 4.69) is 10.1 Å². The van der Waals surface area contributed by atoms with Crippen molar-refractivity contribution in [1.82, 2.24) is 9.55 Å². The smallest absolute Gasteiger partial charge is 0.293 e. The van der Waals surface area contributed by atoms with Crippen LogP contribution in [0.4, 0.5) is 5.69 Å². The third kappa shape index (κ3) is 2.23. The van der Waals surface area contributed by atoms with Gasteiger partial charge in [0.15, 0.2) is 5.84 Å². The van der Waals surface area contributed by atoms with Crippen molar-refractivity contribution in [3.63, 3.8) is 0 Å². The second kappa shape index (κ2) is 4.77. The average molecular weight is 261 g/mol. The van der Waals surface area contributed by atoms with Crippen molar-refractivity contribution in [3.8, 4) is 5.69 Å². The number of aromatic nitrogens is 2. The lowest BCUT2D eigenvalue weighted by Gasteiger charge is -2.07. The molecule has 0 radical (unpaired) electrons. The Kier molecular flexibility index (Phi) is 3.15. The molecule has 0 aliphatic rings. The van der Waals surface area contributed by atoms with Crippen molar-refractivity contribution in [2.45, 2.75) is 6.92 Å². The summed E-state index contributed by atoms with van der Waals surface area (Å²) in [5, 5.41) is 22.5. The number of nitrogens with two attached hydrogens (primary N) is 1. The van der Waals surface area contributed by atoms with Crippen LogP contribution in [-0.4, -0.2) is 25.5 Å². The summed E-state index contributed by atoms with van der Waals surface area (Å²) in [6.07, 6.45) is 3.18. The Morgan fingerprint density at radius 2 is 2.32 bits per heavy atom. The van der Waals surface area contributed by atoms with E-state index >= 15 is 0 Å². The van der Waals surface area contributed by atoms with Gasteiger partial charge in [-0.15, -0.1) is 0 Å². The van der Waals surface area contributed by atoms with Crippen molar-refractivity contribution in [2.24, 2.45) is 10.9 Å². The molecule has 0 amide bonds. The van der Waals surface area contributed by atoms with Gasteiger partial charge in [0.05, 0.1) is 4.92 Å². The fourth-order valence-corrected chi connectivity index (χ4v) is 1.72. The summed E-state index contributed by atoms with van der Waals surface area (Å²) in [6.45, 7) is 1.74. The topological polar surface area (TPSA) is 120 Å². The number of hydrogen-bond acceptors (Lipinski definition) is 5. The van der Waals surface area contributed by atoms with E-state index in [1.807, 2.05) is 0 Å². The minimum atomic E-state index is -0.525. The normalized spacial score (nSPS) is 11.5. The van der Waals surface area contributed by atoms with Gasteiger partial charge in [0.2, 0.25) is 0 Å². The highest BCUT2D eigenvalue weighted by molar-refractivity contribution is 5.98. The number of rotatable bonds is 3. The van der Waals surface area contributed by atoms with Crippen LogP contribution >= 0.6 is 0 Å². The van der Waals surface area contributed by atoms with E-state index in [1.165, 1.54) is 18.2 Å². The first kappa shape index (κ1) is 12.6. The minimum Gasteiger partial charge on any atom is -0.409 e. The third-order valence-electron chi connectivity index (χ3n) is 2.66. The molecule has 8 nitrogen and oxygen atoms in total. The fraction of sp³-hybridized carbons (Fsp3) is 0.0909. The van der Waals surface area contributed by atoms with Crippen LogP contribution in [0.15, 0.2) is 35.7 Å². The zero-order valence-corrected chi connectivity index (χ0v) is 10.0. The van der Waals surface area contributed by atoms with Gasteiger partial charge in [0.25, 0.3) is 5.69 Å². The van der Waals surface area contributed by atoms with Gasteiger partial charge in [-0.1, -0.05) is 5.16 Å². The van der Waals surface area contributed by atoms with Crippen LogP contribution in [0.5, 0.6) is 0 Å². The van der Waals surface area contributed by atoms with E-state index in [9.17, 15) is 10.1 Å². The number of benzene rings is 1. The molecule has 98 valence electrons. The van der Waals surface area contributed by atoms with Crippen molar-refractivity contribution >= 4 is 11.5 Å². The first-order valence-corrected chi connectivity index (χ1v) is 5.31. The summed E-state index contributed by atoms with van der Waals surface area (Å²) >= 11 is 0. The van der Waals surface area contributed by atoms with E-state index in [4.69, 9.17) is 10.9 Å². The molecule has 3 N–H and O–H groups in total. The van der Waals surface area contributed by atoms with Crippen LogP contribution in [0.2, 0.25) is 0 Å². The second-order valence-electron chi connectivity index (χ2n) is 3.79. The van der Waals surface area contributed by atoms with Gasteiger partial charge in [-0.05, 0) is 19.1 Å². The Labute approximate surface area is 107 Å². The van der Waals surface area contributed by atoms with E-state index < -0.39 is 4.92 Å². The zero-order chi connectivity index (χ0) is 14.0. The molecule has 19 heavy (non-hydrogen) atoms. The number of aryl methyl sites for hydroxylation is 1. The summed E-state index contributed by atoms with van der Waals surface area (Å²) < 4.78 is 1.59. The molecule has 1 aromatic heterocycles. The van der Waals surface area contributed by atoms with Crippen LogP contribution in [-0.2, 0) is 0 Å². The molecule has 1 heterocycles. The molecule has 8 heteroatoms. The minimum absolute atomic E-state index is 0.148. The lowest BCUT2D eigenvalue weighted by atomic mass is 10.1. The zero-order valence-electron chi connectivity index (χ0n) is 10.0. The predicted octanol–water partition coefficient (Wildman–Crippen LogP) is 1.18. The standard InChI is InChI=1S/C11H11N5O3/c1-7-13-4-5-15(7)9-3-2-8(11(12)14-17)6-10(9)16(18)19/h2-6,17H,1H3,(H2,12,14). The van der Waals surface area contributed by atoms with Crippen LogP contribution < -0.4 is 5.73 Å². The number of amidine groups is 1. The van der Waals surface area contributed by atoms with Crippen molar-refractivity contribution in [1.29, 1.82) is 0 Å². The Balaban J connectivity index is 2.63. The molecule has 0 unspecified atom stereocenters. The molecule has 0 saturated heterocycles. The molecule has 0 aliphatic carbocycles. The summed E-state index contributed by atoms with van der Waals surface area (Å²) in [5.74, 6) is 0.441. The summed E-state index contributed by atoms with van der Waals surface area (Å²) in [7, 11) is 0. The molecule has 0 aliphatic heterocycles. The van der Waals surface area contributed by atoms with Gasteiger partial charge in [-0.2, -0.15) is 0 Å². The molecular formula is C11H11N5O3. The third-order valence-corrected chi connectivity index (χ3v) is 2.66. The van der Waals surface area contributed by atoms with Crippen LogP contribution in [0.1, 0.15) is 11.4 Å². The van der Waals surface area contributed by atoms with E-state index in [0.29, 0.717) is 11.5 Å². The molecular weight excluding hydrogens is 250 g/mol. The molecule has 0 saturated carbocycles. The van der Waals surface area contributed by atoms with E-state index in [-0.39, 0.29) is 17.1 Å². The van der Waals surface area contributed by atoms with Crippen LogP contribution in [0.25, 0.3) is 5.69 Å². The van der Waals surface area contributed by atoms with Gasteiger partial charge in [-0.3, -0.25) is 14.7 Å². The first-order chi connectivity index (χ1) is 9.04. The Morgan fingerprint density at radius 3 is 2.84 bits per heavy atom. The van der Waals surface area contributed by atoms with Crippen molar-refractivity contribution in [2.75, 3.05) is 0 Å². The monoisotopic (exact) mass is 261 g/mol. The van der Waals surface area contributed by atoms with E-state index in [0.717, 1.165) is 0 Å². The largest absolute Gasteiger partial charge is 0.409 e. The maximum Gasteiger partial charge on any atom is 0.293 e. The van der Waals surface area contributed by atoms with Gasteiger partial charge in [-0.25, -0.2) is 4.98 Å². The summed E-state index contributed by atoms with van der Waals surface area (Å²) in [4.78, 5) is 14.6. The maximum absolute atomic E-state index is 11.1. The van der Waals surface area contributed by atoms with Gasteiger partial charge in [0, 0.05) is 24.0 Å². The van der Waals surface area contributed by atoms with Gasteiger partial charge >= 0.3 is 0 Å². The number of hydrogen-bond donors (Lipinski definition) is 2. The Hall–Kier alpha value is -2.90. The van der Waals surface area contributed by atoms with Crippen LogP contribution in [0.3, 0.4) is 0 Å². The lowest BCUT2D eigenvalue weighted by molar-refractivity contribution is -0.384. The fourth-order valence-electron chi connectivity index (χ4n) is 1.72.